The Balaban J connectivity index is 1.54. The fourth-order valence-corrected chi connectivity index (χ4v) is 2.91. The Morgan fingerprint density at radius 1 is 1.28 bits per heavy atom. The van der Waals surface area contributed by atoms with E-state index in [-0.39, 0.29) is 18.1 Å². The first kappa shape index (κ1) is 13.8. The Kier molecular flexibility index (Phi) is 5.45. The van der Waals surface area contributed by atoms with Crippen molar-refractivity contribution in [1.29, 1.82) is 0 Å². The molecule has 1 aliphatic carbocycles. The lowest BCUT2D eigenvalue weighted by atomic mass is 10.0. The van der Waals surface area contributed by atoms with Gasteiger partial charge in [-0.3, -0.25) is 4.79 Å². The molecule has 2 aliphatic rings. The van der Waals surface area contributed by atoms with Gasteiger partial charge in [0.1, 0.15) is 0 Å². The van der Waals surface area contributed by atoms with Gasteiger partial charge in [-0.1, -0.05) is 0 Å². The maximum atomic E-state index is 11.7. The predicted molar refractivity (Wildman–Crippen MR) is 69.2 cm³/mol. The first-order chi connectivity index (χ1) is 8.74. The molecule has 0 radical (unpaired) electrons. The average molecular weight is 255 g/mol. The Morgan fingerprint density at radius 3 is 2.83 bits per heavy atom. The smallest absolute Gasteiger partial charge is 0.220 e. The van der Waals surface area contributed by atoms with Gasteiger partial charge >= 0.3 is 0 Å². The fourth-order valence-electron chi connectivity index (χ4n) is 2.91. The fraction of sp³-hybridized carbons (Fsp3) is 0.929. The van der Waals surface area contributed by atoms with Gasteiger partial charge in [-0.25, -0.2) is 0 Å². The second kappa shape index (κ2) is 7.10. The number of carbonyl (C=O) groups is 1. The van der Waals surface area contributed by atoms with E-state index in [1.165, 1.54) is 6.42 Å². The maximum Gasteiger partial charge on any atom is 0.220 e. The summed E-state index contributed by atoms with van der Waals surface area (Å²) in [5.41, 5.74) is 0. The minimum atomic E-state index is -0.150. The van der Waals surface area contributed by atoms with Gasteiger partial charge in [-0.05, 0) is 50.9 Å². The van der Waals surface area contributed by atoms with Crippen molar-refractivity contribution in [1.82, 2.24) is 5.32 Å². The molecule has 0 aromatic rings. The van der Waals surface area contributed by atoms with Crippen molar-refractivity contribution in [2.75, 3.05) is 13.2 Å². The standard InChI is InChI=1S/C14H25NO3/c16-12-5-4-11(9-12)10-15-14(17)7-6-13-3-1-2-8-18-13/h11-13,16H,1-10H2,(H,15,17). The van der Waals surface area contributed by atoms with E-state index in [1.807, 2.05) is 0 Å². The van der Waals surface area contributed by atoms with Crippen LogP contribution in [0.25, 0.3) is 0 Å². The van der Waals surface area contributed by atoms with Crippen LogP contribution in [0, 0.1) is 5.92 Å². The van der Waals surface area contributed by atoms with Crippen LogP contribution in [-0.4, -0.2) is 36.4 Å². The molecule has 0 aromatic carbocycles. The summed E-state index contributed by atoms with van der Waals surface area (Å²) in [6.07, 6.45) is 7.80. The Hall–Kier alpha value is -0.610. The van der Waals surface area contributed by atoms with Gasteiger partial charge < -0.3 is 15.2 Å². The molecule has 1 heterocycles. The van der Waals surface area contributed by atoms with Crippen molar-refractivity contribution in [3.05, 3.63) is 0 Å². The number of aliphatic hydroxyl groups excluding tert-OH is 1. The molecule has 1 aliphatic heterocycles. The summed E-state index contributed by atoms with van der Waals surface area (Å²) < 4.78 is 5.61. The summed E-state index contributed by atoms with van der Waals surface area (Å²) in [6.45, 7) is 1.58. The number of rotatable bonds is 5. The van der Waals surface area contributed by atoms with Gasteiger partial charge in [-0.15, -0.1) is 0 Å². The van der Waals surface area contributed by atoms with E-state index in [0.29, 0.717) is 12.3 Å². The van der Waals surface area contributed by atoms with Crippen molar-refractivity contribution in [3.63, 3.8) is 0 Å². The summed E-state index contributed by atoms with van der Waals surface area (Å²) in [7, 11) is 0. The van der Waals surface area contributed by atoms with Gasteiger partial charge in [0.05, 0.1) is 12.2 Å². The molecule has 0 aromatic heterocycles. The number of hydrogen-bond donors (Lipinski definition) is 2. The summed E-state index contributed by atoms with van der Waals surface area (Å²) >= 11 is 0. The van der Waals surface area contributed by atoms with Crippen molar-refractivity contribution >= 4 is 5.91 Å². The molecular weight excluding hydrogens is 230 g/mol. The van der Waals surface area contributed by atoms with E-state index in [1.54, 1.807) is 0 Å². The first-order valence-corrected chi connectivity index (χ1v) is 7.30. The van der Waals surface area contributed by atoms with Crippen LogP contribution in [0.4, 0.5) is 0 Å². The molecule has 1 amide bonds. The molecule has 2 rings (SSSR count). The third-order valence-electron chi connectivity index (χ3n) is 4.07. The van der Waals surface area contributed by atoms with E-state index in [2.05, 4.69) is 5.32 Å². The zero-order chi connectivity index (χ0) is 12.8. The molecule has 2 fully saturated rings. The molecule has 18 heavy (non-hydrogen) atoms. The van der Waals surface area contributed by atoms with Gasteiger partial charge in [0.25, 0.3) is 0 Å². The van der Waals surface area contributed by atoms with Crippen LogP contribution in [-0.2, 0) is 9.53 Å². The highest BCUT2D eigenvalue weighted by Crippen LogP contribution is 2.24. The van der Waals surface area contributed by atoms with E-state index in [0.717, 1.165) is 51.7 Å². The van der Waals surface area contributed by atoms with Crippen LogP contribution in [0.15, 0.2) is 0 Å². The first-order valence-electron chi connectivity index (χ1n) is 7.30. The topological polar surface area (TPSA) is 58.6 Å². The van der Waals surface area contributed by atoms with Crippen LogP contribution in [0.2, 0.25) is 0 Å². The quantitative estimate of drug-likeness (QED) is 0.784. The molecule has 0 bridgehead atoms. The second-order valence-corrected chi connectivity index (χ2v) is 5.66. The number of aliphatic hydroxyl groups is 1. The predicted octanol–water partition coefficient (Wildman–Crippen LogP) is 1.61. The zero-order valence-electron chi connectivity index (χ0n) is 11.1. The van der Waals surface area contributed by atoms with Gasteiger partial charge in [0.2, 0.25) is 5.91 Å². The van der Waals surface area contributed by atoms with E-state index in [4.69, 9.17) is 4.74 Å². The summed E-state index contributed by atoms with van der Waals surface area (Å²) in [5, 5.41) is 12.4. The second-order valence-electron chi connectivity index (χ2n) is 5.66. The third kappa shape index (κ3) is 4.58. The molecule has 4 heteroatoms. The molecule has 2 N–H and O–H groups in total. The maximum absolute atomic E-state index is 11.7. The minimum Gasteiger partial charge on any atom is -0.393 e. The molecule has 3 atom stereocenters. The highest BCUT2D eigenvalue weighted by molar-refractivity contribution is 5.75. The molecule has 4 nitrogen and oxygen atoms in total. The van der Waals surface area contributed by atoms with Crippen LogP contribution in [0.1, 0.15) is 51.4 Å². The van der Waals surface area contributed by atoms with Crippen molar-refractivity contribution in [2.45, 2.75) is 63.6 Å². The minimum absolute atomic E-state index is 0.130. The zero-order valence-corrected chi connectivity index (χ0v) is 11.1. The number of amides is 1. The lowest BCUT2D eigenvalue weighted by Crippen LogP contribution is -2.30. The van der Waals surface area contributed by atoms with Crippen molar-refractivity contribution < 1.29 is 14.6 Å². The van der Waals surface area contributed by atoms with Crippen LogP contribution < -0.4 is 5.32 Å². The number of ether oxygens (including phenoxy) is 1. The number of nitrogens with one attached hydrogen (secondary N) is 1. The van der Waals surface area contributed by atoms with Crippen molar-refractivity contribution in [2.24, 2.45) is 5.92 Å². The molecule has 1 saturated heterocycles. The van der Waals surface area contributed by atoms with Crippen molar-refractivity contribution in [3.8, 4) is 0 Å². The number of hydrogen-bond acceptors (Lipinski definition) is 3. The largest absolute Gasteiger partial charge is 0.393 e. The SMILES string of the molecule is O=C(CCC1CCCCO1)NCC1CCC(O)C1. The lowest BCUT2D eigenvalue weighted by Gasteiger charge is -2.22. The van der Waals surface area contributed by atoms with Gasteiger partial charge in [0.15, 0.2) is 0 Å². The molecule has 104 valence electrons. The summed E-state index contributed by atoms with van der Waals surface area (Å²) in [4.78, 5) is 11.7. The van der Waals surface area contributed by atoms with Gasteiger partial charge in [0, 0.05) is 19.6 Å². The van der Waals surface area contributed by atoms with Crippen LogP contribution >= 0.6 is 0 Å². The van der Waals surface area contributed by atoms with E-state index in [9.17, 15) is 9.90 Å². The van der Waals surface area contributed by atoms with E-state index >= 15 is 0 Å². The molecule has 3 unspecified atom stereocenters. The number of carbonyl (C=O) groups excluding carboxylic acids is 1. The van der Waals surface area contributed by atoms with Gasteiger partial charge in [-0.2, -0.15) is 0 Å². The van der Waals surface area contributed by atoms with Crippen LogP contribution in [0.5, 0.6) is 0 Å². The monoisotopic (exact) mass is 255 g/mol. The average Bonchev–Trinajstić information content (AvgIpc) is 2.81. The van der Waals surface area contributed by atoms with Crippen LogP contribution in [0.3, 0.4) is 0 Å². The molecule has 1 saturated carbocycles. The summed E-state index contributed by atoms with van der Waals surface area (Å²) in [6, 6.07) is 0. The highest BCUT2D eigenvalue weighted by Gasteiger charge is 2.23. The third-order valence-corrected chi connectivity index (χ3v) is 4.07. The Morgan fingerprint density at radius 2 is 2.17 bits per heavy atom. The summed E-state index contributed by atoms with van der Waals surface area (Å²) in [5.74, 6) is 0.598. The highest BCUT2D eigenvalue weighted by atomic mass is 16.5. The lowest BCUT2D eigenvalue weighted by molar-refractivity contribution is -0.122. The molecule has 0 spiro atoms. The Bertz CT molecular complexity index is 253. The van der Waals surface area contributed by atoms with E-state index < -0.39 is 0 Å². The Labute approximate surface area is 109 Å². The molecular formula is C14H25NO3. The normalized spacial score (nSPS) is 32.4.